The van der Waals surface area contributed by atoms with E-state index in [0.29, 0.717) is 11.3 Å². The Kier molecular flexibility index (Phi) is 7.36. The fourth-order valence-electron chi connectivity index (χ4n) is 3.56. The monoisotopic (exact) mass is 450 g/mol. The molecule has 0 saturated heterocycles. The van der Waals surface area contributed by atoms with Gasteiger partial charge < -0.3 is 5.32 Å². The Bertz CT molecular complexity index is 1170. The van der Waals surface area contributed by atoms with Crippen LogP contribution in [0.1, 0.15) is 52.0 Å². The predicted octanol–water partition coefficient (Wildman–Crippen LogP) is 5.15. The van der Waals surface area contributed by atoms with Gasteiger partial charge in [0.25, 0.3) is 5.91 Å². The summed E-state index contributed by atoms with van der Waals surface area (Å²) in [5, 5.41) is 3.08. The minimum atomic E-state index is -3.47. The van der Waals surface area contributed by atoms with Gasteiger partial charge in [-0.1, -0.05) is 55.5 Å². The van der Waals surface area contributed by atoms with Crippen LogP contribution in [0.2, 0.25) is 0 Å². The third-order valence-corrected chi connectivity index (χ3v) is 6.78. The number of hydrogen-bond acceptors (Lipinski definition) is 3. The van der Waals surface area contributed by atoms with E-state index in [9.17, 15) is 13.2 Å². The van der Waals surface area contributed by atoms with Crippen LogP contribution < -0.4 is 9.62 Å². The Labute approximate surface area is 191 Å². The first kappa shape index (κ1) is 23.5. The number of benzene rings is 3. The van der Waals surface area contributed by atoms with E-state index in [2.05, 4.69) is 5.32 Å². The van der Waals surface area contributed by atoms with Crippen LogP contribution in [0.3, 0.4) is 0 Å². The Hall–Kier alpha value is -3.12. The van der Waals surface area contributed by atoms with Crippen LogP contribution in [0.5, 0.6) is 0 Å². The summed E-state index contributed by atoms with van der Waals surface area (Å²) in [6.45, 7) is 6.19. The van der Waals surface area contributed by atoms with E-state index >= 15 is 0 Å². The highest BCUT2D eigenvalue weighted by Gasteiger charge is 2.19. The first-order chi connectivity index (χ1) is 15.2. The van der Waals surface area contributed by atoms with Crippen LogP contribution in [0.25, 0.3) is 0 Å². The van der Waals surface area contributed by atoms with Crippen molar-refractivity contribution in [2.45, 2.75) is 39.8 Å². The molecule has 0 fully saturated rings. The highest BCUT2D eigenvalue weighted by Crippen LogP contribution is 2.24. The molecule has 3 aromatic carbocycles. The van der Waals surface area contributed by atoms with Gasteiger partial charge in [-0.25, -0.2) is 8.42 Å². The number of carbonyl (C=O) groups is 1. The van der Waals surface area contributed by atoms with Crippen LogP contribution in [-0.2, 0) is 16.6 Å². The van der Waals surface area contributed by atoms with Crippen molar-refractivity contribution in [1.29, 1.82) is 0 Å². The van der Waals surface area contributed by atoms with Crippen LogP contribution in [0.15, 0.2) is 72.8 Å². The lowest BCUT2D eigenvalue weighted by atomic mass is 10.0. The Morgan fingerprint density at radius 1 is 0.938 bits per heavy atom. The molecule has 0 spiro atoms. The molecule has 3 aromatic rings. The largest absolute Gasteiger partial charge is 0.345 e. The lowest BCUT2D eigenvalue weighted by molar-refractivity contribution is 0.0935. The van der Waals surface area contributed by atoms with Crippen molar-refractivity contribution in [2.24, 2.45) is 0 Å². The van der Waals surface area contributed by atoms with Crippen molar-refractivity contribution in [3.05, 3.63) is 101 Å². The van der Waals surface area contributed by atoms with Gasteiger partial charge in [0.15, 0.2) is 0 Å². The summed E-state index contributed by atoms with van der Waals surface area (Å²) in [7, 11) is -3.47. The summed E-state index contributed by atoms with van der Waals surface area (Å²) in [5.41, 5.74) is 5.19. The van der Waals surface area contributed by atoms with E-state index in [4.69, 9.17) is 0 Å². The van der Waals surface area contributed by atoms with Crippen molar-refractivity contribution in [2.75, 3.05) is 10.6 Å². The molecule has 0 aliphatic carbocycles. The number of anilines is 1. The number of amides is 1. The zero-order valence-electron chi connectivity index (χ0n) is 19.0. The molecule has 0 unspecified atom stereocenters. The Morgan fingerprint density at radius 2 is 1.59 bits per heavy atom. The summed E-state index contributed by atoms with van der Waals surface area (Å²) < 4.78 is 26.3. The quantitative estimate of drug-likeness (QED) is 0.516. The van der Waals surface area contributed by atoms with E-state index in [-0.39, 0.29) is 18.5 Å². The maximum Gasteiger partial charge on any atom is 0.251 e. The molecule has 32 heavy (non-hydrogen) atoms. The molecular formula is C26H30N2O3S. The SMILES string of the molecule is CC[C@@H](NC(=O)c1ccc(CN(c2ccc(C)c(C)c2)S(C)(=O)=O)cc1)c1ccccc1. The number of sulfonamides is 1. The Balaban J connectivity index is 1.76. The molecule has 1 atom stereocenters. The highest BCUT2D eigenvalue weighted by molar-refractivity contribution is 7.92. The van der Waals surface area contributed by atoms with Crippen LogP contribution in [0.4, 0.5) is 5.69 Å². The number of hydrogen-bond donors (Lipinski definition) is 1. The average molecular weight is 451 g/mol. The number of carbonyl (C=O) groups excluding carboxylic acids is 1. The van der Waals surface area contributed by atoms with Gasteiger partial charge in [-0.2, -0.15) is 0 Å². The molecule has 1 amide bonds. The van der Waals surface area contributed by atoms with Gasteiger partial charge in [0.1, 0.15) is 0 Å². The minimum absolute atomic E-state index is 0.0612. The van der Waals surface area contributed by atoms with E-state index in [1.54, 1.807) is 24.3 Å². The van der Waals surface area contributed by atoms with Gasteiger partial charge in [-0.3, -0.25) is 9.10 Å². The van der Waals surface area contributed by atoms with Gasteiger partial charge in [0.05, 0.1) is 24.5 Å². The maximum atomic E-state index is 12.8. The van der Waals surface area contributed by atoms with Crippen LogP contribution in [0, 0.1) is 13.8 Å². The second kappa shape index (κ2) is 10.0. The minimum Gasteiger partial charge on any atom is -0.345 e. The molecule has 0 heterocycles. The zero-order chi connectivity index (χ0) is 23.3. The van der Waals surface area contributed by atoms with Crippen molar-refractivity contribution < 1.29 is 13.2 Å². The van der Waals surface area contributed by atoms with Gasteiger partial charge in [-0.05, 0) is 66.8 Å². The van der Waals surface area contributed by atoms with E-state index in [1.165, 1.54) is 10.6 Å². The molecule has 0 aliphatic heterocycles. The zero-order valence-corrected chi connectivity index (χ0v) is 19.8. The first-order valence-corrected chi connectivity index (χ1v) is 12.5. The number of rotatable bonds is 8. The van der Waals surface area contributed by atoms with Crippen molar-refractivity contribution in [1.82, 2.24) is 5.32 Å². The summed E-state index contributed by atoms with van der Waals surface area (Å²) in [4.78, 5) is 12.8. The molecular weight excluding hydrogens is 420 g/mol. The second-order valence-corrected chi connectivity index (χ2v) is 9.99. The van der Waals surface area contributed by atoms with Gasteiger partial charge in [0, 0.05) is 5.56 Å². The van der Waals surface area contributed by atoms with Crippen LogP contribution >= 0.6 is 0 Å². The van der Waals surface area contributed by atoms with E-state index < -0.39 is 10.0 Å². The topological polar surface area (TPSA) is 66.5 Å². The highest BCUT2D eigenvalue weighted by atomic mass is 32.2. The molecule has 0 radical (unpaired) electrons. The lowest BCUT2D eigenvalue weighted by Gasteiger charge is -2.23. The Morgan fingerprint density at radius 3 is 2.16 bits per heavy atom. The molecule has 0 bridgehead atoms. The summed E-state index contributed by atoms with van der Waals surface area (Å²) in [6.07, 6.45) is 1.99. The van der Waals surface area contributed by atoms with Crippen LogP contribution in [-0.4, -0.2) is 20.6 Å². The summed E-state index contributed by atoms with van der Waals surface area (Å²) in [5.74, 6) is -0.151. The lowest BCUT2D eigenvalue weighted by Crippen LogP contribution is -2.29. The standard InChI is InChI=1S/C26H30N2O3S/c1-5-25(22-9-7-6-8-10-22)27-26(29)23-14-12-21(13-15-23)18-28(32(4,30)31)24-16-11-19(2)20(3)17-24/h6-17,25H,5,18H2,1-4H3,(H,27,29)/t25-/m1/s1. The maximum absolute atomic E-state index is 12.8. The second-order valence-electron chi connectivity index (χ2n) is 8.08. The molecule has 1 N–H and O–H groups in total. The molecule has 5 nitrogen and oxygen atoms in total. The fourth-order valence-corrected chi connectivity index (χ4v) is 4.44. The molecule has 3 rings (SSSR count). The number of nitrogens with one attached hydrogen (secondary N) is 1. The van der Waals surface area contributed by atoms with E-state index in [1.807, 2.05) is 69.3 Å². The third-order valence-electron chi connectivity index (χ3n) is 5.64. The molecule has 0 saturated carbocycles. The van der Waals surface area contributed by atoms with Gasteiger partial charge in [-0.15, -0.1) is 0 Å². The predicted molar refractivity (Wildman–Crippen MR) is 130 cm³/mol. The summed E-state index contributed by atoms with van der Waals surface area (Å²) >= 11 is 0. The van der Waals surface area contributed by atoms with Crippen molar-refractivity contribution >= 4 is 21.6 Å². The van der Waals surface area contributed by atoms with Crippen molar-refractivity contribution in [3.63, 3.8) is 0 Å². The van der Waals surface area contributed by atoms with Gasteiger partial charge in [0.2, 0.25) is 10.0 Å². The summed E-state index contributed by atoms with van der Waals surface area (Å²) in [6, 6.07) is 22.5. The molecule has 0 aliphatic rings. The number of aryl methyl sites for hydroxylation is 2. The first-order valence-electron chi connectivity index (χ1n) is 10.7. The number of nitrogens with zero attached hydrogens (tertiary/aromatic N) is 1. The van der Waals surface area contributed by atoms with E-state index in [0.717, 1.165) is 28.7 Å². The van der Waals surface area contributed by atoms with Gasteiger partial charge >= 0.3 is 0 Å². The smallest absolute Gasteiger partial charge is 0.251 e. The third kappa shape index (κ3) is 5.77. The van der Waals surface area contributed by atoms with Crippen molar-refractivity contribution in [3.8, 4) is 0 Å². The molecule has 168 valence electrons. The normalized spacial score (nSPS) is 12.2. The molecule has 6 heteroatoms. The fraction of sp³-hybridized carbons (Fsp3) is 0.269. The molecule has 0 aromatic heterocycles. The average Bonchev–Trinajstić information content (AvgIpc) is 2.78.